The van der Waals surface area contributed by atoms with E-state index in [4.69, 9.17) is 4.74 Å². The fraction of sp³-hybridized carbons (Fsp3) is 0.0833. The highest BCUT2D eigenvalue weighted by Gasteiger charge is 2.14. The first-order chi connectivity index (χ1) is 13.7. The van der Waals surface area contributed by atoms with E-state index in [1.807, 2.05) is 36.4 Å². The highest BCUT2D eigenvalue weighted by molar-refractivity contribution is 6.14. The quantitative estimate of drug-likeness (QED) is 0.470. The van der Waals surface area contributed by atoms with Gasteiger partial charge in [-0.3, -0.25) is 9.59 Å². The summed E-state index contributed by atoms with van der Waals surface area (Å²) in [5, 5.41) is 3.12. The van der Waals surface area contributed by atoms with Crippen molar-refractivity contribution in [2.24, 2.45) is 0 Å². The van der Waals surface area contributed by atoms with Gasteiger partial charge in [-0.2, -0.15) is 0 Å². The molecule has 0 heterocycles. The lowest BCUT2D eigenvalue weighted by Gasteiger charge is -2.11. The summed E-state index contributed by atoms with van der Waals surface area (Å²) in [6.45, 7) is 0.413. The van der Waals surface area contributed by atoms with Crippen LogP contribution >= 0.6 is 0 Å². The van der Waals surface area contributed by atoms with Gasteiger partial charge in [0.25, 0.3) is 0 Å². The molecule has 0 spiro atoms. The van der Waals surface area contributed by atoms with Gasteiger partial charge in [0.2, 0.25) is 5.78 Å². The molecule has 0 amide bonds. The molecule has 0 unspecified atom stereocenters. The number of benzene rings is 3. The fourth-order valence-electron chi connectivity index (χ4n) is 2.70. The van der Waals surface area contributed by atoms with Gasteiger partial charge in [0, 0.05) is 23.7 Å². The van der Waals surface area contributed by atoms with Crippen molar-refractivity contribution in [3.63, 3.8) is 0 Å². The van der Waals surface area contributed by atoms with Gasteiger partial charge < -0.3 is 10.1 Å². The molecule has 0 aliphatic carbocycles. The maximum absolute atomic E-state index is 12.9. The minimum absolute atomic E-state index is 0.220. The summed E-state index contributed by atoms with van der Waals surface area (Å²) < 4.78 is 5.16. The molecule has 0 saturated heterocycles. The Morgan fingerprint density at radius 2 is 1.39 bits per heavy atom. The monoisotopic (exact) mass is 371 g/mol. The van der Waals surface area contributed by atoms with Gasteiger partial charge in [0.05, 0.1) is 12.8 Å². The number of ketones is 2. The van der Waals surface area contributed by atoms with Crippen LogP contribution < -0.4 is 10.1 Å². The largest absolute Gasteiger partial charge is 0.497 e. The summed E-state index contributed by atoms with van der Waals surface area (Å²) in [6.07, 6.45) is 1.37. The van der Waals surface area contributed by atoms with Crippen molar-refractivity contribution in [3.05, 3.63) is 113 Å². The van der Waals surface area contributed by atoms with Crippen molar-refractivity contribution in [1.29, 1.82) is 0 Å². The highest BCUT2D eigenvalue weighted by atomic mass is 16.5. The molecular weight excluding hydrogens is 350 g/mol. The molecule has 1 N–H and O–H groups in total. The van der Waals surface area contributed by atoms with Crippen molar-refractivity contribution in [2.75, 3.05) is 7.11 Å². The molecule has 3 aromatic rings. The summed E-state index contributed by atoms with van der Waals surface area (Å²) in [5.41, 5.74) is 2.29. The lowest BCUT2D eigenvalue weighted by atomic mass is 10.0. The van der Waals surface area contributed by atoms with E-state index in [-0.39, 0.29) is 17.3 Å². The summed E-state index contributed by atoms with van der Waals surface area (Å²) in [6, 6.07) is 25.3. The molecule has 0 atom stereocenters. The Labute approximate surface area is 164 Å². The van der Waals surface area contributed by atoms with Crippen molar-refractivity contribution in [1.82, 2.24) is 5.32 Å². The van der Waals surface area contributed by atoms with Crippen LogP contribution in [0.2, 0.25) is 0 Å². The van der Waals surface area contributed by atoms with Crippen LogP contribution in [0.4, 0.5) is 0 Å². The Bertz CT molecular complexity index is 962. The number of hydrogen-bond acceptors (Lipinski definition) is 4. The molecule has 0 aromatic heterocycles. The zero-order chi connectivity index (χ0) is 19.8. The van der Waals surface area contributed by atoms with Crippen molar-refractivity contribution >= 4 is 11.6 Å². The van der Waals surface area contributed by atoms with Gasteiger partial charge in [-0.15, -0.1) is 0 Å². The second-order valence-electron chi connectivity index (χ2n) is 6.19. The summed E-state index contributed by atoms with van der Waals surface area (Å²) >= 11 is 0. The maximum atomic E-state index is 12.9. The zero-order valence-corrected chi connectivity index (χ0v) is 15.6. The lowest BCUT2D eigenvalue weighted by Crippen LogP contribution is -2.21. The Morgan fingerprint density at radius 3 is 1.96 bits per heavy atom. The Hall–Kier alpha value is -3.66. The van der Waals surface area contributed by atoms with Gasteiger partial charge >= 0.3 is 0 Å². The van der Waals surface area contributed by atoms with E-state index >= 15 is 0 Å². The first-order valence-electron chi connectivity index (χ1n) is 8.95. The van der Waals surface area contributed by atoms with Crippen LogP contribution in [0.25, 0.3) is 0 Å². The van der Waals surface area contributed by atoms with Gasteiger partial charge in [0.1, 0.15) is 5.75 Å². The van der Waals surface area contributed by atoms with E-state index in [9.17, 15) is 9.59 Å². The Kier molecular flexibility index (Phi) is 6.37. The molecule has 0 saturated carbocycles. The standard InChI is InChI=1S/C24H21NO3/c1-28-21-14-12-18(13-15-21)17-25-22(24(27)20-10-6-3-7-11-20)16-23(26)19-8-4-2-5-9-19/h2-16,25H,17H2,1H3/b22-16+. The van der Waals surface area contributed by atoms with Crippen LogP contribution in [0.15, 0.2) is 96.7 Å². The molecule has 0 aliphatic heterocycles. The highest BCUT2D eigenvalue weighted by Crippen LogP contribution is 2.13. The minimum atomic E-state index is -0.224. The first kappa shape index (κ1) is 19.1. The molecule has 28 heavy (non-hydrogen) atoms. The number of rotatable bonds is 8. The third-order valence-electron chi connectivity index (χ3n) is 4.26. The second-order valence-corrected chi connectivity index (χ2v) is 6.19. The second kappa shape index (κ2) is 9.33. The van der Waals surface area contributed by atoms with Crippen LogP contribution in [-0.2, 0) is 6.54 Å². The molecule has 0 fully saturated rings. The molecule has 4 heteroatoms. The van der Waals surface area contributed by atoms with Gasteiger partial charge in [-0.05, 0) is 17.7 Å². The summed E-state index contributed by atoms with van der Waals surface area (Å²) in [7, 11) is 1.61. The number of methoxy groups -OCH3 is 1. The van der Waals surface area contributed by atoms with Gasteiger partial charge in [-0.1, -0.05) is 72.8 Å². The molecule has 4 nitrogen and oxygen atoms in total. The van der Waals surface area contributed by atoms with Crippen molar-refractivity contribution in [3.8, 4) is 5.75 Å². The molecule has 0 bridgehead atoms. The van der Waals surface area contributed by atoms with E-state index in [1.54, 1.807) is 55.6 Å². The normalized spacial score (nSPS) is 11.0. The number of ether oxygens (including phenoxy) is 1. The van der Waals surface area contributed by atoms with Crippen LogP contribution in [-0.4, -0.2) is 18.7 Å². The van der Waals surface area contributed by atoms with E-state index in [0.717, 1.165) is 11.3 Å². The predicted molar refractivity (Wildman–Crippen MR) is 109 cm³/mol. The molecule has 0 radical (unpaired) electrons. The van der Waals surface area contributed by atoms with E-state index in [2.05, 4.69) is 5.32 Å². The molecular formula is C24H21NO3. The maximum Gasteiger partial charge on any atom is 0.208 e. The average Bonchev–Trinajstić information content (AvgIpc) is 2.77. The zero-order valence-electron chi connectivity index (χ0n) is 15.6. The van der Waals surface area contributed by atoms with Crippen LogP contribution in [0.5, 0.6) is 5.75 Å². The molecule has 140 valence electrons. The lowest BCUT2D eigenvalue weighted by molar-refractivity contribution is 0.100. The van der Waals surface area contributed by atoms with E-state index in [1.165, 1.54) is 6.08 Å². The van der Waals surface area contributed by atoms with Crippen LogP contribution in [0, 0.1) is 0 Å². The predicted octanol–water partition coefficient (Wildman–Crippen LogP) is 4.43. The third-order valence-corrected chi connectivity index (χ3v) is 4.26. The number of carbonyl (C=O) groups is 2. The molecule has 0 aliphatic rings. The fourth-order valence-corrected chi connectivity index (χ4v) is 2.70. The smallest absolute Gasteiger partial charge is 0.208 e. The number of allylic oxidation sites excluding steroid dienone is 2. The van der Waals surface area contributed by atoms with Crippen LogP contribution in [0.3, 0.4) is 0 Å². The number of carbonyl (C=O) groups excluding carboxylic acids is 2. The molecule has 3 rings (SSSR count). The van der Waals surface area contributed by atoms with E-state index in [0.29, 0.717) is 17.7 Å². The summed E-state index contributed by atoms with van der Waals surface area (Å²) in [5.74, 6) is 0.319. The van der Waals surface area contributed by atoms with Gasteiger partial charge in [-0.25, -0.2) is 0 Å². The summed E-state index contributed by atoms with van der Waals surface area (Å²) in [4.78, 5) is 25.5. The Balaban J connectivity index is 1.84. The van der Waals surface area contributed by atoms with Gasteiger partial charge in [0.15, 0.2) is 5.78 Å². The number of hydrogen-bond donors (Lipinski definition) is 1. The number of nitrogens with one attached hydrogen (secondary N) is 1. The molecule has 3 aromatic carbocycles. The third kappa shape index (κ3) is 4.95. The van der Waals surface area contributed by atoms with Crippen LogP contribution in [0.1, 0.15) is 26.3 Å². The van der Waals surface area contributed by atoms with Crippen molar-refractivity contribution in [2.45, 2.75) is 6.54 Å². The number of Topliss-reactive ketones (excluding diaryl/α,β-unsaturated/α-hetero) is 1. The van der Waals surface area contributed by atoms with E-state index < -0.39 is 0 Å². The topological polar surface area (TPSA) is 55.4 Å². The minimum Gasteiger partial charge on any atom is -0.497 e. The first-order valence-corrected chi connectivity index (χ1v) is 8.95. The Morgan fingerprint density at radius 1 is 0.821 bits per heavy atom. The van der Waals surface area contributed by atoms with Crippen molar-refractivity contribution < 1.29 is 14.3 Å². The average molecular weight is 371 g/mol. The SMILES string of the molecule is COc1ccc(CN/C(=C/C(=O)c2ccccc2)C(=O)c2ccccc2)cc1.